The zero-order valence-corrected chi connectivity index (χ0v) is 41.0. The molecule has 8 unspecified atom stereocenters. The summed E-state index contributed by atoms with van der Waals surface area (Å²) in [5.74, 6) is -3.94. The topological polar surface area (TPSA) is 238 Å². The Morgan fingerprint density at radius 1 is 1.01 bits per heavy atom. The van der Waals surface area contributed by atoms with Crippen LogP contribution in [0.3, 0.4) is 0 Å². The van der Waals surface area contributed by atoms with Crippen LogP contribution in [0.1, 0.15) is 98.4 Å². The molecule has 16 heteroatoms. The first-order valence-corrected chi connectivity index (χ1v) is 25.7. The predicted octanol–water partition coefficient (Wildman–Crippen LogP) is 4.62. The third-order valence-corrected chi connectivity index (χ3v) is 16.3. The van der Waals surface area contributed by atoms with Crippen LogP contribution in [0.4, 0.5) is 0 Å². The number of aldehydes is 1. The van der Waals surface area contributed by atoms with Gasteiger partial charge in [0.1, 0.15) is 34.7 Å². The Kier molecular flexibility index (Phi) is 15.8. The summed E-state index contributed by atoms with van der Waals surface area (Å²) in [7, 11) is 1.69. The van der Waals surface area contributed by atoms with Crippen LogP contribution in [0.2, 0.25) is 0 Å². The zero-order chi connectivity index (χ0) is 50.0. The molecule has 9 rings (SSSR count). The number of carbonyl (C=O) groups is 3. The van der Waals surface area contributed by atoms with Crippen molar-refractivity contribution in [2.45, 2.75) is 102 Å². The number of ether oxygens (including phenoxy) is 5. The van der Waals surface area contributed by atoms with E-state index in [1.165, 1.54) is 0 Å². The van der Waals surface area contributed by atoms with Crippen molar-refractivity contribution in [3.63, 3.8) is 0 Å². The van der Waals surface area contributed by atoms with E-state index in [0.29, 0.717) is 75.5 Å². The lowest BCUT2D eigenvalue weighted by molar-refractivity contribution is -0.158. The molecule has 7 N–H and O–H groups in total. The molecular formula is C55H70N2O14. The van der Waals surface area contributed by atoms with E-state index >= 15 is 0 Å². The van der Waals surface area contributed by atoms with Gasteiger partial charge < -0.3 is 64.2 Å². The first kappa shape index (κ1) is 51.0. The molecule has 71 heavy (non-hydrogen) atoms. The SMILES string of the molecule is CCOC(=O)C1=C(C=O)C2=C3CC(CO)C(=O)C(C3)c3cc4cc[nH]c4cc3CCC(CO)COc3c4c(c(CO)c(c32)O1)OC(C1(O)C(CCCO)C(CCCO)=CC2CN(CCCOC)CCC21)C4. The number of ketones is 1. The number of Topliss-reactive ketones (excluding diaryl/α,β-unsaturated/α-hetero) is 1. The van der Waals surface area contributed by atoms with Crippen LogP contribution in [0.25, 0.3) is 16.5 Å². The highest BCUT2D eigenvalue weighted by molar-refractivity contribution is 6.11. The number of aliphatic hydroxyl groups excluding tert-OH is 5. The number of hydrogen-bond acceptors (Lipinski definition) is 15. The molecule has 2 fully saturated rings. The van der Waals surface area contributed by atoms with E-state index in [9.17, 15) is 45.0 Å². The predicted molar refractivity (Wildman–Crippen MR) is 262 cm³/mol. The minimum Gasteiger partial charge on any atom is -0.492 e. The van der Waals surface area contributed by atoms with E-state index in [2.05, 4.69) is 16.0 Å². The van der Waals surface area contributed by atoms with Gasteiger partial charge in [-0.25, -0.2) is 4.79 Å². The first-order chi connectivity index (χ1) is 34.6. The molecule has 1 aromatic heterocycles. The zero-order valence-electron chi connectivity index (χ0n) is 41.0. The summed E-state index contributed by atoms with van der Waals surface area (Å²) < 4.78 is 31.5. The summed E-state index contributed by atoms with van der Waals surface area (Å²) in [6, 6.07) is 5.96. The van der Waals surface area contributed by atoms with Gasteiger partial charge in [-0.3, -0.25) is 9.59 Å². The van der Waals surface area contributed by atoms with Crippen LogP contribution in [0.15, 0.2) is 53.0 Å². The number of aryl methyl sites for hydroxylation is 1. The molecule has 1 saturated carbocycles. The van der Waals surface area contributed by atoms with Gasteiger partial charge in [0.2, 0.25) is 5.76 Å². The van der Waals surface area contributed by atoms with E-state index in [0.717, 1.165) is 47.1 Å². The highest BCUT2D eigenvalue weighted by atomic mass is 16.6. The van der Waals surface area contributed by atoms with E-state index in [-0.39, 0.29) is 109 Å². The van der Waals surface area contributed by atoms with E-state index in [4.69, 9.17) is 23.7 Å². The van der Waals surface area contributed by atoms with Crippen molar-refractivity contribution in [2.24, 2.45) is 29.6 Å². The number of aromatic nitrogens is 1. The maximum absolute atomic E-state index is 14.6. The number of likely N-dealkylation sites (tertiary alicyclic amines) is 1. The van der Waals surface area contributed by atoms with Crippen LogP contribution in [0, 0.1) is 29.6 Å². The number of fused-ring (bicyclic) bond motifs is 8. The number of aliphatic hydroxyl groups is 6. The summed E-state index contributed by atoms with van der Waals surface area (Å²) in [5, 5.41) is 68.6. The molecular weight excluding hydrogens is 913 g/mol. The fourth-order valence-electron chi connectivity index (χ4n) is 12.9. The second-order valence-electron chi connectivity index (χ2n) is 20.3. The molecule has 0 amide bonds. The number of rotatable bonds is 17. The van der Waals surface area contributed by atoms with Crippen molar-refractivity contribution in [3.8, 4) is 17.2 Å². The summed E-state index contributed by atoms with van der Waals surface area (Å²) in [4.78, 5) is 48.1. The van der Waals surface area contributed by atoms with Crippen molar-refractivity contribution in [3.05, 3.63) is 80.8 Å². The fraction of sp³-hybridized carbons (Fsp3) is 0.582. The van der Waals surface area contributed by atoms with Gasteiger partial charge in [-0.15, -0.1) is 0 Å². The maximum Gasteiger partial charge on any atom is 0.375 e. The van der Waals surface area contributed by atoms with Crippen LogP contribution >= 0.6 is 0 Å². The molecule has 1 saturated heterocycles. The Morgan fingerprint density at radius 3 is 2.58 bits per heavy atom. The van der Waals surface area contributed by atoms with Crippen molar-refractivity contribution in [1.82, 2.24) is 9.88 Å². The minimum atomic E-state index is -1.53. The van der Waals surface area contributed by atoms with Crippen molar-refractivity contribution in [2.75, 3.05) is 73.0 Å². The number of carbonyl (C=O) groups excluding carboxylic acids is 3. The number of esters is 1. The van der Waals surface area contributed by atoms with Crippen molar-refractivity contribution >= 4 is 34.5 Å². The maximum atomic E-state index is 14.6. The Labute approximate surface area is 414 Å². The van der Waals surface area contributed by atoms with Gasteiger partial charge >= 0.3 is 5.97 Å². The largest absolute Gasteiger partial charge is 0.492 e. The molecule has 0 spiro atoms. The van der Waals surface area contributed by atoms with Gasteiger partial charge in [0.15, 0.2) is 6.29 Å². The summed E-state index contributed by atoms with van der Waals surface area (Å²) in [6.07, 6.45) is 8.33. The van der Waals surface area contributed by atoms with Crippen molar-refractivity contribution in [1.29, 1.82) is 0 Å². The molecule has 6 aliphatic rings. The Morgan fingerprint density at radius 2 is 1.85 bits per heavy atom. The number of hydrogen-bond donors (Lipinski definition) is 7. The summed E-state index contributed by atoms with van der Waals surface area (Å²) >= 11 is 0. The van der Waals surface area contributed by atoms with Crippen molar-refractivity contribution < 1.29 is 68.7 Å². The van der Waals surface area contributed by atoms with Gasteiger partial charge in [-0.1, -0.05) is 17.2 Å². The number of nitrogens with zero attached hydrogens (tertiary/aromatic N) is 1. The molecule has 4 aliphatic heterocycles. The summed E-state index contributed by atoms with van der Waals surface area (Å²) in [5.41, 5.74) is 3.68. The Hall–Kier alpha value is -4.91. The fourth-order valence-corrected chi connectivity index (χ4v) is 12.9. The average molecular weight is 983 g/mol. The lowest BCUT2D eigenvalue weighted by atomic mass is 9.57. The number of piperidine rings is 1. The third kappa shape index (κ3) is 9.39. The van der Waals surface area contributed by atoms with Gasteiger partial charge in [-0.05, 0) is 118 Å². The summed E-state index contributed by atoms with van der Waals surface area (Å²) in [6.45, 7) is 2.97. The highest BCUT2D eigenvalue weighted by Crippen LogP contribution is 2.60. The number of methoxy groups -OCH3 is 1. The van der Waals surface area contributed by atoms with Crippen LogP contribution in [-0.2, 0) is 43.3 Å². The molecule has 2 bridgehead atoms. The minimum absolute atomic E-state index is 0.00450. The number of benzene rings is 2. The molecule has 384 valence electrons. The second-order valence-corrected chi connectivity index (χ2v) is 20.3. The number of nitrogens with one attached hydrogen (secondary N) is 1. The monoisotopic (exact) mass is 982 g/mol. The smallest absolute Gasteiger partial charge is 0.375 e. The second kappa shape index (κ2) is 22.1. The lowest BCUT2D eigenvalue weighted by Gasteiger charge is -2.54. The number of H-pyrrole nitrogens is 1. The van der Waals surface area contributed by atoms with E-state index < -0.39 is 60.3 Å². The molecule has 2 aliphatic carbocycles. The molecule has 16 nitrogen and oxygen atoms in total. The molecule has 8 atom stereocenters. The van der Waals surface area contributed by atoms with Gasteiger partial charge in [0.25, 0.3) is 0 Å². The number of aromatic amines is 1. The normalized spacial score (nSPS) is 27.5. The van der Waals surface area contributed by atoms with Gasteiger partial charge in [0.05, 0.1) is 43.1 Å². The third-order valence-electron chi connectivity index (χ3n) is 16.3. The Bertz CT molecular complexity index is 2580. The Balaban J connectivity index is 1.25. The number of allylic oxidation sites excluding steroid dienone is 3. The van der Waals surface area contributed by atoms with Crippen LogP contribution < -0.4 is 14.2 Å². The van der Waals surface area contributed by atoms with Gasteiger partial charge in [0, 0.05) is 105 Å². The standard InChI is InChI=1S/C55H70N2O14/c1-3-68-54(65)53-41(28-62)47-35-20-37(27-61)49(64)39(22-35)38-21-34-11-13-56-45(34)23-32(38)10-9-31(26-60)30-69-51-40-24-46(70-50(40)42(29-63)52(71-53)48(47)51)55(66)43(8-5-17-59)33(7-4-16-58)19-36-25-57(14-6-18-67-2)15-12-44(36)55/h11,13,19,21,23,28,31,36-37,39,43-44,46,56,58-61,63,66H,3-10,12,14-18,20,22,24-27,29-30H2,1-2H3. The van der Waals surface area contributed by atoms with Gasteiger partial charge in [-0.2, -0.15) is 0 Å². The molecule has 0 radical (unpaired) electrons. The average Bonchev–Trinajstić information content (AvgIpc) is 4.05. The molecule has 2 aromatic carbocycles. The molecule has 3 aromatic rings. The van der Waals surface area contributed by atoms with Crippen LogP contribution in [-0.4, -0.2) is 143 Å². The van der Waals surface area contributed by atoms with Crippen LogP contribution in [0.5, 0.6) is 17.2 Å². The lowest BCUT2D eigenvalue weighted by Crippen LogP contribution is -2.63. The van der Waals surface area contributed by atoms with E-state index in [1.54, 1.807) is 14.0 Å². The first-order valence-electron chi connectivity index (χ1n) is 25.7. The highest BCUT2D eigenvalue weighted by Gasteiger charge is 2.59. The quantitative estimate of drug-likeness (QED) is 0.0423. The molecule has 5 heterocycles. The van der Waals surface area contributed by atoms with E-state index in [1.807, 2.05) is 24.4 Å².